The molecule has 0 aliphatic rings. The van der Waals surface area contributed by atoms with E-state index in [1.165, 1.54) is 6.21 Å². The number of nitriles is 1. The standard InChI is InChI=1S/C34H28N6O4/c1-2-43-30-20-24(22-36-39-34-37-32(25-12-6-3-7-13-25)28(21-35)33(42)38-34)18-19-29(30)44-23-31(41)40(26-14-8-4-9-15-26)27-16-10-5-11-17-27/h3-20,22H,2,23H2,1H3,(H2,37,38,39,42). The monoisotopic (exact) mass is 584 g/mol. The van der Waals surface area contributed by atoms with Gasteiger partial charge in [-0.15, -0.1) is 0 Å². The number of rotatable bonds is 11. The third-order valence-corrected chi connectivity index (χ3v) is 6.36. The second-order valence-electron chi connectivity index (χ2n) is 9.31. The first-order valence-electron chi connectivity index (χ1n) is 13.8. The number of benzene rings is 4. The van der Waals surface area contributed by atoms with Crippen LogP contribution in [0.3, 0.4) is 0 Å². The largest absolute Gasteiger partial charge is 0.490 e. The summed E-state index contributed by atoms with van der Waals surface area (Å²) in [5, 5.41) is 13.7. The number of amides is 1. The second-order valence-corrected chi connectivity index (χ2v) is 9.31. The highest BCUT2D eigenvalue weighted by Crippen LogP contribution is 2.30. The van der Waals surface area contributed by atoms with Gasteiger partial charge in [0.15, 0.2) is 18.1 Å². The summed E-state index contributed by atoms with van der Waals surface area (Å²) < 4.78 is 11.7. The Morgan fingerprint density at radius 2 is 1.57 bits per heavy atom. The first kappa shape index (κ1) is 29.3. The van der Waals surface area contributed by atoms with Crippen LogP contribution in [0.15, 0.2) is 119 Å². The number of hydrogen-bond acceptors (Lipinski definition) is 8. The summed E-state index contributed by atoms with van der Waals surface area (Å²) >= 11 is 0. The minimum absolute atomic E-state index is 0.0778. The van der Waals surface area contributed by atoms with Gasteiger partial charge in [-0.3, -0.25) is 19.5 Å². The summed E-state index contributed by atoms with van der Waals surface area (Å²) in [7, 11) is 0. The van der Waals surface area contributed by atoms with Crippen molar-refractivity contribution in [3.05, 3.63) is 131 Å². The molecule has 1 aromatic heterocycles. The van der Waals surface area contributed by atoms with Gasteiger partial charge in [0.05, 0.1) is 18.5 Å². The van der Waals surface area contributed by atoms with E-state index in [4.69, 9.17) is 9.47 Å². The van der Waals surface area contributed by atoms with Gasteiger partial charge < -0.3 is 9.47 Å². The van der Waals surface area contributed by atoms with Crippen LogP contribution in [0.1, 0.15) is 18.1 Å². The van der Waals surface area contributed by atoms with Crippen molar-refractivity contribution in [3.8, 4) is 28.8 Å². The van der Waals surface area contributed by atoms with E-state index in [9.17, 15) is 14.9 Å². The van der Waals surface area contributed by atoms with Gasteiger partial charge in [0, 0.05) is 16.9 Å². The number of carbonyl (C=O) groups is 1. The van der Waals surface area contributed by atoms with Gasteiger partial charge in [-0.1, -0.05) is 66.7 Å². The molecular weight excluding hydrogens is 556 g/mol. The fourth-order valence-electron chi connectivity index (χ4n) is 4.39. The summed E-state index contributed by atoms with van der Waals surface area (Å²) in [5.41, 5.74) is 5.05. The predicted octanol–water partition coefficient (Wildman–Crippen LogP) is 5.90. The molecule has 5 aromatic rings. The van der Waals surface area contributed by atoms with Crippen LogP contribution in [-0.2, 0) is 4.79 Å². The first-order valence-corrected chi connectivity index (χ1v) is 13.8. The third kappa shape index (κ3) is 6.98. The van der Waals surface area contributed by atoms with E-state index in [1.54, 1.807) is 47.4 Å². The number of H-pyrrole nitrogens is 1. The molecule has 0 spiro atoms. The van der Waals surface area contributed by atoms with E-state index < -0.39 is 5.56 Å². The van der Waals surface area contributed by atoms with E-state index in [0.717, 1.165) is 11.4 Å². The van der Waals surface area contributed by atoms with E-state index in [0.29, 0.717) is 29.2 Å². The number of carbonyl (C=O) groups excluding carboxylic acids is 1. The van der Waals surface area contributed by atoms with Gasteiger partial charge >= 0.3 is 0 Å². The Hall–Kier alpha value is -6.21. The lowest BCUT2D eigenvalue weighted by atomic mass is 10.1. The normalized spacial score (nSPS) is 10.6. The van der Waals surface area contributed by atoms with E-state index in [2.05, 4.69) is 20.5 Å². The minimum Gasteiger partial charge on any atom is -0.490 e. The lowest BCUT2D eigenvalue weighted by Gasteiger charge is -2.23. The number of nitrogens with zero attached hydrogens (tertiary/aromatic N) is 4. The molecule has 44 heavy (non-hydrogen) atoms. The molecule has 2 N–H and O–H groups in total. The van der Waals surface area contributed by atoms with Gasteiger partial charge in [-0.2, -0.15) is 10.4 Å². The molecule has 4 aromatic carbocycles. The van der Waals surface area contributed by atoms with Crippen molar-refractivity contribution in [1.29, 1.82) is 5.26 Å². The second kappa shape index (κ2) is 14.1. The summed E-state index contributed by atoms with van der Waals surface area (Å²) in [6, 6.07) is 34.8. The quantitative estimate of drug-likeness (QED) is 0.146. The van der Waals surface area contributed by atoms with E-state index >= 15 is 0 Å². The number of aromatic amines is 1. The van der Waals surface area contributed by atoms with Crippen LogP contribution in [0, 0.1) is 11.3 Å². The number of aromatic nitrogens is 2. The summed E-state index contributed by atoms with van der Waals surface area (Å²) in [4.78, 5) is 34.4. The highest BCUT2D eigenvalue weighted by molar-refractivity contribution is 6.01. The Bertz CT molecular complexity index is 1810. The molecular formula is C34H28N6O4. The molecule has 10 nitrogen and oxygen atoms in total. The van der Waals surface area contributed by atoms with Crippen LogP contribution in [-0.4, -0.2) is 35.3 Å². The van der Waals surface area contributed by atoms with Gasteiger partial charge in [-0.05, 0) is 55.0 Å². The van der Waals surface area contributed by atoms with Gasteiger partial charge in [0.1, 0.15) is 11.6 Å². The summed E-state index contributed by atoms with van der Waals surface area (Å²) in [5.74, 6) is 0.663. The van der Waals surface area contributed by atoms with E-state index in [1.807, 2.05) is 79.7 Å². The molecule has 0 atom stereocenters. The molecule has 0 aliphatic heterocycles. The van der Waals surface area contributed by atoms with Crippen LogP contribution in [0.25, 0.3) is 11.3 Å². The number of para-hydroxylation sites is 2. The zero-order valence-electron chi connectivity index (χ0n) is 23.8. The minimum atomic E-state index is -0.577. The molecule has 5 rings (SSSR count). The maximum Gasteiger partial charge on any atom is 0.270 e. The fourth-order valence-corrected chi connectivity index (χ4v) is 4.39. The van der Waals surface area contributed by atoms with Crippen molar-refractivity contribution in [2.24, 2.45) is 5.10 Å². The summed E-state index contributed by atoms with van der Waals surface area (Å²) in [6.45, 7) is 2.00. The molecule has 0 radical (unpaired) electrons. The molecule has 1 heterocycles. The number of anilines is 3. The maximum atomic E-state index is 13.4. The smallest absolute Gasteiger partial charge is 0.270 e. The average Bonchev–Trinajstić information content (AvgIpc) is 3.06. The maximum absolute atomic E-state index is 13.4. The number of hydrogen-bond donors (Lipinski definition) is 2. The van der Waals surface area contributed by atoms with Crippen molar-refractivity contribution in [2.75, 3.05) is 23.5 Å². The van der Waals surface area contributed by atoms with Crippen LogP contribution in [0.2, 0.25) is 0 Å². The Kier molecular flexibility index (Phi) is 9.39. The van der Waals surface area contributed by atoms with Crippen molar-refractivity contribution in [1.82, 2.24) is 9.97 Å². The van der Waals surface area contributed by atoms with Crippen LogP contribution in [0.5, 0.6) is 11.5 Å². The predicted molar refractivity (Wildman–Crippen MR) is 169 cm³/mol. The molecule has 0 bridgehead atoms. The topological polar surface area (TPSA) is 133 Å². The van der Waals surface area contributed by atoms with Crippen LogP contribution >= 0.6 is 0 Å². The number of ether oxygens (including phenoxy) is 2. The van der Waals surface area contributed by atoms with Crippen molar-refractivity contribution in [3.63, 3.8) is 0 Å². The zero-order chi connectivity index (χ0) is 30.7. The van der Waals surface area contributed by atoms with Gasteiger partial charge in [0.2, 0.25) is 5.95 Å². The average molecular weight is 585 g/mol. The SMILES string of the molecule is CCOc1cc(C=NNc2nc(-c3ccccc3)c(C#N)c(=O)[nH]2)ccc1OCC(=O)N(c1ccccc1)c1ccccc1. The molecule has 1 amide bonds. The number of nitrogens with one attached hydrogen (secondary N) is 2. The summed E-state index contributed by atoms with van der Waals surface area (Å²) in [6.07, 6.45) is 1.52. The lowest BCUT2D eigenvalue weighted by Crippen LogP contribution is -2.31. The Morgan fingerprint density at radius 3 is 2.18 bits per heavy atom. The molecule has 0 saturated heterocycles. The molecule has 0 aliphatic carbocycles. The van der Waals surface area contributed by atoms with Crippen molar-refractivity contribution < 1.29 is 14.3 Å². The molecule has 218 valence electrons. The highest BCUT2D eigenvalue weighted by Gasteiger charge is 2.19. The van der Waals surface area contributed by atoms with Crippen LogP contribution in [0.4, 0.5) is 17.3 Å². The molecule has 0 fully saturated rings. The zero-order valence-corrected chi connectivity index (χ0v) is 23.8. The lowest BCUT2D eigenvalue weighted by molar-refractivity contribution is -0.119. The fraction of sp³-hybridized carbons (Fsp3) is 0.0882. The Morgan fingerprint density at radius 1 is 0.932 bits per heavy atom. The Balaban J connectivity index is 1.31. The Labute approximate surface area is 253 Å². The first-order chi connectivity index (χ1) is 21.6. The number of hydrazone groups is 1. The molecule has 10 heteroatoms. The van der Waals surface area contributed by atoms with E-state index in [-0.39, 0.29) is 29.7 Å². The third-order valence-electron chi connectivity index (χ3n) is 6.36. The molecule has 0 saturated carbocycles. The van der Waals surface area contributed by atoms with Crippen LogP contribution < -0.4 is 25.4 Å². The molecule has 0 unspecified atom stereocenters. The van der Waals surface area contributed by atoms with Crippen molar-refractivity contribution in [2.45, 2.75) is 6.92 Å². The highest BCUT2D eigenvalue weighted by atomic mass is 16.5. The van der Waals surface area contributed by atoms with Gasteiger partial charge in [-0.25, -0.2) is 10.4 Å². The van der Waals surface area contributed by atoms with Gasteiger partial charge in [0.25, 0.3) is 11.5 Å². The van der Waals surface area contributed by atoms with Crippen molar-refractivity contribution >= 4 is 29.4 Å².